The second-order valence-corrected chi connectivity index (χ2v) is 2.96. The number of aromatic amines is 1. The van der Waals surface area contributed by atoms with Crippen LogP contribution in [0.25, 0.3) is 0 Å². The van der Waals surface area contributed by atoms with Gasteiger partial charge in [-0.05, 0) is 14.0 Å². The molecule has 0 aliphatic rings. The Hall–Kier alpha value is -1.89. The number of rotatable bonds is 4. The molecule has 82 valence electrons. The molecule has 7 heteroatoms. The first-order valence-electron chi connectivity index (χ1n) is 4.29. The second-order valence-electron chi connectivity index (χ2n) is 2.96. The van der Waals surface area contributed by atoms with Crippen LogP contribution in [0.2, 0.25) is 0 Å². The van der Waals surface area contributed by atoms with Crippen LogP contribution < -0.4 is 10.6 Å². The van der Waals surface area contributed by atoms with Crippen LogP contribution in [0.3, 0.4) is 0 Å². The van der Waals surface area contributed by atoms with E-state index in [0.29, 0.717) is 5.69 Å². The molecule has 0 atom stereocenters. The molecule has 4 N–H and O–H groups in total. The number of likely N-dealkylation sites (N-methyl/N-ethyl adjacent to an activating group) is 1. The summed E-state index contributed by atoms with van der Waals surface area (Å²) >= 11 is 0. The number of amides is 1. The van der Waals surface area contributed by atoms with Gasteiger partial charge in [0.15, 0.2) is 5.82 Å². The summed E-state index contributed by atoms with van der Waals surface area (Å²) in [6.07, 6.45) is 0. The Labute approximate surface area is 85.9 Å². The van der Waals surface area contributed by atoms with Gasteiger partial charge in [-0.25, -0.2) is 4.79 Å². The molecule has 0 unspecified atom stereocenters. The zero-order valence-corrected chi connectivity index (χ0v) is 8.42. The molecule has 1 amide bonds. The van der Waals surface area contributed by atoms with Crippen LogP contribution in [-0.2, 0) is 4.79 Å². The number of nitrogens with one attached hydrogen (secondary N) is 3. The molecule has 15 heavy (non-hydrogen) atoms. The number of H-pyrrole nitrogens is 1. The molecule has 1 heterocycles. The number of anilines is 1. The van der Waals surface area contributed by atoms with E-state index in [9.17, 15) is 9.59 Å². The molecular weight excluding hydrogens is 200 g/mol. The number of aromatic nitrogens is 2. The quantitative estimate of drug-likeness (QED) is 0.542. The Balaban J connectivity index is 2.86. The Morgan fingerprint density at radius 2 is 2.20 bits per heavy atom. The number of carboxylic acids is 1. The van der Waals surface area contributed by atoms with E-state index in [-0.39, 0.29) is 23.8 Å². The van der Waals surface area contributed by atoms with E-state index in [4.69, 9.17) is 5.11 Å². The van der Waals surface area contributed by atoms with E-state index in [1.54, 1.807) is 14.0 Å². The summed E-state index contributed by atoms with van der Waals surface area (Å²) in [4.78, 5) is 22.0. The van der Waals surface area contributed by atoms with Crippen molar-refractivity contribution < 1.29 is 14.7 Å². The van der Waals surface area contributed by atoms with Crippen LogP contribution in [0.1, 0.15) is 16.1 Å². The Kier molecular flexibility index (Phi) is 3.40. The standard InChI is InChI=1S/C8H12N4O3/c1-4-6(8(14)15)7(12-11-4)10-5(13)3-9-2/h9H,3H2,1-2H3,(H,14,15)(H2,10,11,12,13). The summed E-state index contributed by atoms with van der Waals surface area (Å²) in [5.41, 5.74) is 0.390. The highest BCUT2D eigenvalue weighted by atomic mass is 16.4. The summed E-state index contributed by atoms with van der Waals surface area (Å²) in [5, 5.41) is 20.1. The number of aromatic carboxylic acids is 1. The molecule has 0 aliphatic carbocycles. The van der Waals surface area contributed by atoms with E-state index in [1.165, 1.54) is 0 Å². The van der Waals surface area contributed by atoms with Crippen LogP contribution in [0, 0.1) is 6.92 Å². The number of carbonyl (C=O) groups excluding carboxylic acids is 1. The van der Waals surface area contributed by atoms with Crippen molar-refractivity contribution in [2.75, 3.05) is 18.9 Å². The first-order chi connectivity index (χ1) is 7.06. The van der Waals surface area contributed by atoms with Gasteiger partial charge < -0.3 is 15.7 Å². The second kappa shape index (κ2) is 4.56. The van der Waals surface area contributed by atoms with Crippen molar-refractivity contribution in [3.8, 4) is 0 Å². The van der Waals surface area contributed by atoms with Crippen molar-refractivity contribution in [3.05, 3.63) is 11.3 Å². The average molecular weight is 212 g/mol. The zero-order chi connectivity index (χ0) is 11.4. The van der Waals surface area contributed by atoms with Crippen LogP contribution >= 0.6 is 0 Å². The van der Waals surface area contributed by atoms with Crippen LogP contribution in [0.5, 0.6) is 0 Å². The zero-order valence-electron chi connectivity index (χ0n) is 8.42. The van der Waals surface area contributed by atoms with Crippen LogP contribution in [0.15, 0.2) is 0 Å². The van der Waals surface area contributed by atoms with Gasteiger partial charge in [-0.2, -0.15) is 5.10 Å². The first kappa shape index (κ1) is 11.2. The number of nitrogens with zero attached hydrogens (tertiary/aromatic N) is 1. The maximum Gasteiger partial charge on any atom is 0.341 e. The lowest BCUT2D eigenvalue weighted by molar-refractivity contribution is -0.115. The summed E-state index contributed by atoms with van der Waals surface area (Å²) in [6, 6.07) is 0. The number of carboxylic acid groups (broad SMARTS) is 1. The lowest BCUT2D eigenvalue weighted by Gasteiger charge is -2.01. The maximum atomic E-state index is 11.2. The van der Waals surface area contributed by atoms with Crippen LogP contribution in [0.4, 0.5) is 5.82 Å². The minimum atomic E-state index is -1.12. The first-order valence-corrected chi connectivity index (χ1v) is 4.29. The van der Waals surface area contributed by atoms with E-state index in [1.807, 2.05) is 0 Å². The van der Waals surface area contributed by atoms with Gasteiger partial charge in [0.2, 0.25) is 5.91 Å². The normalized spacial score (nSPS) is 10.0. The van der Waals surface area contributed by atoms with Gasteiger partial charge >= 0.3 is 5.97 Å². The highest BCUT2D eigenvalue weighted by Crippen LogP contribution is 2.15. The van der Waals surface area contributed by atoms with E-state index in [0.717, 1.165) is 0 Å². The van der Waals surface area contributed by atoms with Gasteiger partial charge in [0.1, 0.15) is 5.56 Å². The van der Waals surface area contributed by atoms with Crippen molar-refractivity contribution in [3.63, 3.8) is 0 Å². The molecule has 7 nitrogen and oxygen atoms in total. The number of carbonyl (C=O) groups is 2. The van der Waals surface area contributed by atoms with Gasteiger partial charge in [0.05, 0.1) is 6.54 Å². The summed E-state index contributed by atoms with van der Waals surface area (Å²) < 4.78 is 0. The molecule has 1 aromatic heterocycles. The summed E-state index contributed by atoms with van der Waals surface area (Å²) in [6.45, 7) is 1.68. The minimum Gasteiger partial charge on any atom is -0.477 e. The SMILES string of the molecule is CNCC(=O)Nc1n[nH]c(C)c1C(=O)O. The van der Waals surface area contributed by atoms with Crippen molar-refractivity contribution in [2.45, 2.75) is 6.92 Å². The van der Waals surface area contributed by atoms with E-state index >= 15 is 0 Å². The highest BCUT2D eigenvalue weighted by Gasteiger charge is 2.18. The lowest BCUT2D eigenvalue weighted by atomic mass is 10.2. The largest absolute Gasteiger partial charge is 0.477 e. The van der Waals surface area contributed by atoms with Gasteiger partial charge in [0, 0.05) is 5.69 Å². The molecule has 1 rings (SSSR count). The van der Waals surface area contributed by atoms with Gasteiger partial charge in [-0.15, -0.1) is 0 Å². The number of hydrogen-bond acceptors (Lipinski definition) is 4. The molecule has 0 radical (unpaired) electrons. The van der Waals surface area contributed by atoms with Gasteiger partial charge in [0.25, 0.3) is 0 Å². The van der Waals surface area contributed by atoms with Gasteiger partial charge in [-0.3, -0.25) is 9.89 Å². The molecule has 1 aromatic rings. The molecule has 0 aliphatic heterocycles. The number of aryl methyl sites for hydroxylation is 1. The molecular formula is C8H12N4O3. The molecule has 0 saturated heterocycles. The van der Waals surface area contributed by atoms with Gasteiger partial charge in [-0.1, -0.05) is 0 Å². The molecule has 0 aromatic carbocycles. The van der Waals surface area contributed by atoms with Crippen molar-refractivity contribution in [1.29, 1.82) is 0 Å². The maximum absolute atomic E-state index is 11.2. The molecule has 0 spiro atoms. The number of hydrogen-bond donors (Lipinski definition) is 4. The smallest absolute Gasteiger partial charge is 0.341 e. The topological polar surface area (TPSA) is 107 Å². The summed E-state index contributed by atoms with van der Waals surface area (Å²) in [5.74, 6) is -1.42. The predicted octanol–water partition coefficient (Wildman–Crippen LogP) is -0.426. The Morgan fingerprint density at radius 1 is 1.53 bits per heavy atom. The Bertz CT molecular complexity index is 385. The highest BCUT2D eigenvalue weighted by molar-refractivity contribution is 6.00. The summed E-state index contributed by atoms with van der Waals surface area (Å²) in [7, 11) is 1.62. The third kappa shape index (κ3) is 2.53. The van der Waals surface area contributed by atoms with Crippen molar-refractivity contribution in [1.82, 2.24) is 15.5 Å². The monoisotopic (exact) mass is 212 g/mol. The lowest BCUT2D eigenvalue weighted by Crippen LogP contribution is -2.26. The van der Waals surface area contributed by atoms with E-state index < -0.39 is 5.97 Å². The third-order valence-corrected chi connectivity index (χ3v) is 1.76. The molecule has 0 bridgehead atoms. The van der Waals surface area contributed by atoms with Crippen molar-refractivity contribution in [2.24, 2.45) is 0 Å². The fourth-order valence-electron chi connectivity index (χ4n) is 1.12. The van der Waals surface area contributed by atoms with E-state index in [2.05, 4.69) is 20.8 Å². The fourth-order valence-corrected chi connectivity index (χ4v) is 1.12. The molecule has 0 fully saturated rings. The van der Waals surface area contributed by atoms with Crippen molar-refractivity contribution >= 4 is 17.7 Å². The van der Waals surface area contributed by atoms with Crippen LogP contribution in [-0.4, -0.2) is 40.8 Å². The fraction of sp³-hybridized carbons (Fsp3) is 0.375. The Morgan fingerprint density at radius 3 is 2.73 bits per heavy atom. The third-order valence-electron chi connectivity index (χ3n) is 1.76. The average Bonchev–Trinajstić information content (AvgIpc) is 2.47. The molecule has 0 saturated carbocycles. The predicted molar refractivity (Wildman–Crippen MR) is 52.8 cm³/mol. The minimum absolute atomic E-state index is 0.0144.